The highest BCUT2D eigenvalue weighted by atomic mass is 32.2. The van der Waals surface area contributed by atoms with Crippen molar-refractivity contribution in [2.75, 3.05) is 31.2 Å². The van der Waals surface area contributed by atoms with Crippen LogP contribution in [-0.2, 0) is 0 Å². The zero-order chi connectivity index (χ0) is 21.9. The maximum Gasteiger partial charge on any atom is 0.241 e. The monoisotopic (exact) mass is 451 g/mol. The van der Waals surface area contributed by atoms with E-state index in [2.05, 4.69) is 31.9 Å². The molecule has 0 spiro atoms. The molecule has 2 N–H and O–H groups in total. The van der Waals surface area contributed by atoms with Gasteiger partial charge in [0.05, 0.1) is 5.69 Å². The number of nitrogens with two attached hydrogens (primary N) is 1. The smallest absolute Gasteiger partial charge is 0.241 e. The number of nitrogens with zero attached hydrogens (tertiary/aromatic N) is 4. The maximum absolute atomic E-state index is 12.6. The van der Waals surface area contributed by atoms with E-state index in [1.807, 2.05) is 36.4 Å². The highest BCUT2D eigenvalue weighted by Crippen LogP contribution is 2.45. The van der Waals surface area contributed by atoms with Crippen LogP contribution in [0.4, 0.5) is 15.8 Å². The fraction of sp³-hybridized carbons (Fsp3) is 0.333. The number of para-hydroxylation sites is 1. The molecule has 8 heteroatoms. The number of anilines is 2. The lowest BCUT2D eigenvalue weighted by Gasteiger charge is -2.31. The summed E-state index contributed by atoms with van der Waals surface area (Å²) in [5.41, 5.74) is 9.22. The molecule has 1 saturated heterocycles. The van der Waals surface area contributed by atoms with E-state index in [0.29, 0.717) is 18.2 Å². The zero-order valence-electron chi connectivity index (χ0n) is 17.7. The van der Waals surface area contributed by atoms with Crippen LogP contribution in [-0.4, -0.2) is 46.7 Å². The van der Waals surface area contributed by atoms with Gasteiger partial charge in [-0.1, -0.05) is 23.9 Å². The van der Waals surface area contributed by atoms with Gasteiger partial charge < -0.3 is 20.3 Å². The molecule has 166 valence electrons. The van der Waals surface area contributed by atoms with E-state index in [-0.39, 0.29) is 18.1 Å². The Bertz CT molecular complexity index is 1060. The van der Waals surface area contributed by atoms with Gasteiger partial charge in [0.15, 0.2) is 0 Å². The fourth-order valence-corrected chi connectivity index (χ4v) is 5.44. The minimum absolute atomic E-state index is 0.158. The molecule has 0 amide bonds. The minimum Gasteiger partial charge on any atom is -0.437 e. The van der Waals surface area contributed by atoms with E-state index < -0.39 is 0 Å². The first kappa shape index (κ1) is 21.2. The molecule has 1 unspecified atom stereocenters. The van der Waals surface area contributed by atoms with Gasteiger partial charge in [0.1, 0.15) is 23.6 Å². The van der Waals surface area contributed by atoms with Crippen LogP contribution in [0.25, 0.3) is 0 Å². The van der Waals surface area contributed by atoms with E-state index in [1.54, 1.807) is 24.2 Å². The number of halogens is 1. The molecular weight excluding hydrogens is 425 g/mol. The summed E-state index contributed by atoms with van der Waals surface area (Å²) in [7, 11) is 0. The van der Waals surface area contributed by atoms with Crippen LogP contribution >= 0.6 is 11.8 Å². The summed E-state index contributed by atoms with van der Waals surface area (Å²) in [5, 5.41) is 0. The molecule has 3 aromatic rings. The molecule has 3 heterocycles. The normalized spacial score (nSPS) is 19.2. The van der Waals surface area contributed by atoms with Gasteiger partial charge in [-0.05, 0) is 62.3 Å². The number of likely N-dealkylation sites (tertiary alicyclic amines) is 1. The predicted molar refractivity (Wildman–Crippen MR) is 125 cm³/mol. The highest BCUT2D eigenvalue weighted by molar-refractivity contribution is 8.00. The number of hydrogen-bond acceptors (Lipinski definition) is 7. The maximum atomic E-state index is 12.6. The van der Waals surface area contributed by atoms with Crippen molar-refractivity contribution in [3.05, 3.63) is 66.6 Å². The van der Waals surface area contributed by atoms with Crippen molar-refractivity contribution in [1.29, 1.82) is 0 Å². The van der Waals surface area contributed by atoms with Gasteiger partial charge in [-0.15, -0.1) is 0 Å². The summed E-state index contributed by atoms with van der Waals surface area (Å²) in [6.45, 7) is 1.95. The summed E-state index contributed by atoms with van der Waals surface area (Å²) < 4.78 is 18.8. The Kier molecular flexibility index (Phi) is 6.25. The molecule has 5 rings (SSSR count). The van der Waals surface area contributed by atoms with Crippen LogP contribution in [0.3, 0.4) is 0 Å². The van der Waals surface area contributed by atoms with Gasteiger partial charge in [-0.2, -0.15) is 0 Å². The van der Waals surface area contributed by atoms with Crippen molar-refractivity contribution < 1.29 is 9.13 Å². The van der Waals surface area contributed by atoms with Crippen molar-refractivity contribution >= 4 is 23.1 Å². The van der Waals surface area contributed by atoms with Crippen LogP contribution in [0.5, 0.6) is 11.6 Å². The fourth-order valence-electron chi connectivity index (χ4n) is 4.39. The number of hydrogen-bond donors (Lipinski definition) is 1. The largest absolute Gasteiger partial charge is 0.437 e. The van der Waals surface area contributed by atoms with E-state index >= 15 is 0 Å². The number of rotatable bonds is 6. The van der Waals surface area contributed by atoms with Gasteiger partial charge in [-0.25, -0.2) is 9.37 Å². The van der Waals surface area contributed by atoms with Crippen LogP contribution in [0.15, 0.2) is 65.8 Å². The first-order valence-electron chi connectivity index (χ1n) is 10.9. The molecule has 0 saturated carbocycles. The summed E-state index contributed by atoms with van der Waals surface area (Å²) in [6, 6.07) is 16.2. The number of aromatic nitrogens is 2. The summed E-state index contributed by atoms with van der Waals surface area (Å²) >= 11 is 1.65. The predicted octanol–water partition coefficient (Wildman–Crippen LogP) is 4.90. The summed E-state index contributed by atoms with van der Waals surface area (Å²) in [4.78, 5) is 14.5. The highest BCUT2D eigenvalue weighted by Gasteiger charge is 2.28. The molecule has 32 heavy (non-hydrogen) atoms. The third-order valence-electron chi connectivity index (χ3n) is 6.02. The Hall–Kier alpha value is -2.68. The van der Waals surface area contributed by atoms with Gasteiger partial charge in [0, 0.05) is 35.4 Å². The minimum atomic E-state index is -0.299. The zero-order valence-corrected chi connectivity index (χ0v) is 18.5. The van der Waals surface area contributed by atoms with Gasteiger partial charge in [-0.3, -0.25) is 4.98 Å². The first-order chi connectivity index (χ1) is 15.7. The molecule has 2 aliphatic rings. The quantitative estimate of drug-likeness (QED) is 0.571. The molecule has 2 aromatic carbocycles. The second kappa shape index (κ2) is 9.44. The second-order valence-corrected chi connectivity index (χ2v) is 9.15. The number of thioether (sulfide) groups is 1. The van der Waals surface area contributed by atoms with Crippen molar-refractivity contribution in [1.82, 2.24) is 14.9 Å². The van der Waals surface area contributed by atoms with E-state index in [4.69, 9.17) is 10.5 Å². The van der Waals surface area contributed by atoms with Crippen LogP contribution in [0.2, 0.25) is 0 Å². The number of piperidine rings is 1. The van der Waals surface area contributed by atoms with Crippen LogP contribution in [0.1, 0.15) is 24.5 Å². The first-order valence-corrected chi connectivity index (χ1v) is 11.8. The number of ether oxygens (including phenoxy) is 1. The Morgan fingerprint density at radius 1 is 1.03 bits per heavy atom. The lowest BCUT2D eigenvalue weighted by Crippen LogP contribution is -2.34. The Morgan fingerprint density at radius 2 is 1.78 bits per heavy atom. The van der Waals surface area contributed by atoms with Gasteiger partial charge in [0.25, 0.3) is 0 Å². The van der Waals surface area contributed by atoms with Crippen molar-refractivity contribution in [2.45, 2.75) is 29.2 Å². The molecule has 0 aliphatic carbocycles. The topological polar surface area (TPSA) is 67.5 Å². The SMILES string of the molecule is NC1Sc2ccccc2N1c1ccc(Oc2nccnc2C2CCN(CCF)CC2)cc1. The van der Waals surface area contributed by atoms with Crippen molar-refractivity contribution in [2.24, 2.45) is 5.73 Å². The average molecular weight is 452 g/mol. The molecule has 6 nitrogen and oxygen atoms in total. The van der Waals surface area contributed by atoms with E-state index in [1.165, 1.54) is 4.90 Å². The molecule has 0 radical (unpaired) electrons. The molecule has 1 atom stereocenters. The summed E-state index contributed by atoms with van der Waals surface area (Å²) in [6.07, 6.45) is 5.22. The van der Waals surface area contributed by atoms with Gasteiger partial charge in [0.2, 0.25) is 5.88 Å². The molecule has 1 fully saturated rings. The lowest BCUT2D eigenvalue weighted by atomic mass is 9.93. The average Bonchev–Trinajstić information content (AvgIpc) is 3.16. The standard InChI is InChI=1S/C24H26FN5OS/c25-11-16-29-14-9-17(10-15-29)22-23(28-13-12-27-22)31-19-7-5-18(6-8-19)30-20-3-1-2-4-21(20)32-24(30)26/h1-8,12-13,17,24H,9-11,14-16,26H2. The molecule has 1 aromatic heterocycles. The van der Waals surface area contributed by atoms with Crippen LogP contribution in [0, 0.1) is 0 Å². The summed E-state index contributed by atoms with van der Waals surface area (Å²) in [5.74, 6) is 1.52. The Labute approximate surface area is 191 Å². The molecular formula is C24H26FN5OS. The van der Waals surface area contributed by atoms with E-state index in [9.17, 15) is 4.39 Å². The van der Waals surface area contributed by atoms with Crippen LogP contribution < -0.4 is 15.4 Å². The Morgan fingerprint density at radius 3 is 2.56 bits per heavy atom. The number of alkyl halides is 1. The Balaban J connectivity index is 1.31. The molecule has 0 bridgehead atoms. The van der Waals surface area contributed by atoms with Gasteiger partial charge >= 0.3 is 0 Å². The van der Waals surface area contributed by atoms with Crippen molar-refractivity contribution in [3.8, 4) is 11.6 Å². The number of benzene rings is 2. The number of fused-ring (bicyclic) bond motifs is 1. The lowest BCUT2D eigenvalue weighted by molar-refractivity contribution is 0.194. The van der Waals surface area contributed by atoms with E-state index in [0.717, 1.165) is 43.0 Å². The second-order valence-electron chi connectivity index (χ2n) is 7.99. The third kappa shape index (κ3) is 4.30. The van der Waals surface area contributed by atoms with Crippen molar-refractivity contribution in [3.63, 3.8) is 0 Å². The molecule has 2 aliphatic heterocycles. The third-order valence-corrected chi connectivity index (χ3v) is 7.07.